The minimum Gasteiger partial charge on any atom is -0.326 e. The average molecular weight is 183 g/mol. The van der Waals surface area contributed by atoms with Crippen LogP contribution in [0.4, 0.5) is 0 Å². The van der Waals surface area contributed by atoms with Gasteiger partial charge in [-0.2, -0.15) is 5.26 Å². The van der Waals surface area contributed by atoms with Crippen molar-refractivity contribution in [3.8, 4) is 6.07 Å². The first-order valence-corrected chi connectivity index (χ1v) is 4.33. The molecule has 1 aromatic carbocycles. The van der Waals surface area contributed by atoms with Crippen molar-refractivity contribution in [1.29, 1.82) is 5.26 Å². The molecule has 0 bridgehead atoms. The number of rotatable bonds is 1. The number of fused-ring (bicyclic) bond motifs is 1. The van der Waals surface area contributed by atoms with Gasteiger partial charge in [-0.25, -0.2) is 4.98 Å². The van der Waals surface area contributed by atoms with Crippen molar-refractivity contribution < 1.29 is 0 Å². The summed E-state index contributed by atoms with van der Waals surface area (Å²) in [7, 11) is 0. The monoisotopic (exact) mass is 183 g/mol. The van der Waals surface area contributed by atoms with E-state index in [1.165, 1.54) is 0 Å². The lowest BCUT2D eigenvalue weighted by atomic mass is 10.1. The molecule has 3 nitrogen and oxygen atoms in total. The van der Waals surface area contributed by atoms with Gasteiger partial charge in [0.05, 0.1) is 5.52 Å². The van der Waals surface area contributed by atoms with E-state index in [1.807, 2.05) is 30.3 Å². The third kappa shape index (κ3) is 1.43. The van der Waals surface area contributed by atoms with Crippen molar-refractivity contribution in [2.45, 2.75) is 6.54 Å². The van der Waals surface area contributed by atoms with Crippen LogP contribution < -0.4 is 5.73 Å². The van der Waals surface area contributed by atoms with Crippen molar-refractivity contribution >= 4 is 10.9 Å². The molecule has 0 radical (unpaired) electrons. The molecular formula is C11H9N3. The Morgan fingerprint density at radius 3 is 2.79 bits per heavy atom. The smallest absolute Gasteiger partial charge is 0.141 e. The molecular weight excluding hydrogens is 174 g/mol. The summed E-state index contributed by atoms with van der Waals surface area (Å²) in [5.41, 5.74) is 7.81. The average Bonchev–Trinajstić information content (AvgIpc) is 2.27. The van der Waals surface area contributed by atoms with E-state index >= 15 is 0 Å². The van der Waals surface area contributed by atoms with Crippen LogP contribution in [0, 0.1) is 11.3 Å². The van der Waals surface area contributed by atoms with Gasteiger partial charge >= 0.3 is 0 Å². The molecule has 3 heteroatoms. The van der Waals surface area contributed by atoms with Crippen LogP contribution in [-0.4, -0.2) is 4.98 Å². The fourth-order valence-corrected chi connectivity index (χ4v) is 1.35. The van der Waals surface area contributed by atoms with Crippen LogP contribution in [0.25, 0.3) is 10.9 Å². The van der Waals surface area contributed by atoms with Crippen molar-refractivity contribution in [2.75, 3.05) is 0 Å². The largest absolute Gasteiger partial charge is 0.326 e. The molecule has 0 aliphatic carbocycles. The summed E-state index contributed by atoms with van der Waals surface area (Å²) in [5.74, 6) is 0. The van der Waals surface area contributed by atoms with Crippen molar-refractivity contribution in [1.82, 2.24) is 4.98 Å². The number of hydrogen-bond acceptors (Lipinski definition) is 3. The van der Waals surface area contributed by atoms with E-state index in [2.05, 4.69) is 4.98 Å². The molecule has 0 atom stereocenters. The van der Waals surface area contributed by atoms with Gasteiger partial charge in [0.2, 0.25) is 0 Å². The summed E-state index contributed by atoms with van der Waals surface area (Å²) in [6, 6.07) is 11.5. The lowest BCUT2D eigenvalue weighted by Crippen LogP contribution is -1.96. The van der Waals surface area contributed by atoms with Crippen LogP contribution >= 0.6 is 0 Å². The summed E-state index contributed by atoms with van der Waals surface area (Å²) in [6.45, 7) is 0.494. The second kappa shape index (κ2) is 3.44. The third-order valence-corrected chi connectivity index (χ3v) is 2.11. The Kier molecular flexibility index (Phi) is 2.13. The first-order chi connectivity index (χ1) is 6.83. The van der Waals surface area contributed by atoms with Gasteiger partial charge in [-0.05, 0) is 23.8 Å². The second-order valence-electron chi connectivity index (χ2n) is 3.04. The van der Waals surface area contributed by atoms with Gasteiger partial charge in [-0.1, -0.05) is 12.1 Å². The predicted octanol–water partition coefficient (Wildman–Crippen LogP) is 1.57. The summed E-state index contributed by atoms with van der Waals surface area (Å²) >= 11 is 0. The second-order valence-corrected chi connectivity index (χ2v) is 3.04. The molecule has 0 saturated heterocycles. The zero-order valence-electron chi connectivity index (χ0n) is 7.57. The van der Waals surface area contributed by atoms with Crippen LogP contribution in [0.2, 0.25) is 0 Å². The minimum absolute atomic E-state index is 0.437. The number of nitrogens with zero attached hydrogens (tertiary/aromatic N) is 2. The van der Waals surface area contributed by atoms with Crippen molar-refractivity contribution in [3.63, 3.8) is 0 Å². The molecule has 1 heterocycles. The number of nitrogens with two attached hydrogens (primary N) is 1. The summed E-state index contributed by atoms with van der Waals surface area (Å²) in [4.78, 5) is 4.19. The fourth-order valence-electron chi connectivity index (χ4n) is 1.35. The zero-order chi connectivity index (χ0) is 9.97. The highest BCUT2D eigenvalue weighted by Gasteiger charge is 1.98. The Hall–Kier alpha value is -1.92. The molecule has 0 amide bonds. The van der Waals surface area contributed by atoms with E-state index in [9.17, 15) is 0 Å². The van der Waals surface area contributed by atoms with E-state index in [0.717, 1.165) is 16.5 Å². The summed E-state index contributed by atoms with van der Waals surface area (Å²) < 4.78 is 0. The lowest BCUT2D eigenvalue weighted by molar-refractivity contribution is 1.07. The Morgan fingerprint density at radius 2 is 2.07 bits per heavy atom. The van der Waals surface area contributed by atoms with Crippen LogP contribution in [0.1, 0.15) is 11.3 Å². The highest BCUT2D eigenvalue weighted by atomic mass is 14.7. The van der Waals surface area contributed by atoms with Gasteiger partial charge in [0.25, 0.3) is 0 Å². The molecule has 68 valence electrons. The summed E-state index contributed by atoms with van der Waals surface area (Å²) in [5, 5.41) is 9.72. The quantitative estimate of drug-likeness (QED) is 0.729. The van der Waals surface area contributed by atoms with Gasteiger partial charge in [0.15, 0.2) is 0 Å². The minimum atomic E-state index is 0.437. The fraction of sp³-hybridized carbons (Fsp3) is 0.0909. The first kappa shape index (κ1) is 8.67. The van der Waals surface area contributed by atoms with Gasteiger partial charge in [-0.3, -0.25) is 0 Å². The Bertz CT molecular complexity index is 511. The van der Waals surface area contributed by atoms with Gasteiger partial charge in [0, 0.05) is 11.9 Å². The van der Waals surface area contributed by atoms with Gasteiger partial charge in [-0.15, -0.1) is 0 Å². The van der Waals surface area contributed by atoms with E-state index < -0.39 is 0 Å². The maximum absolute atomic E-state index is 8.69. The molecule has 0 unspecified atom stereocenters. The van der Waals surface area contributed by atoms with Crippen molar-refractivity contribution in [3.05, 3.63) is 41.6 Å². The number of aromatic nitrogens is 1. The van der Waals surface area contributed by atoms with Crippen LogP contribution in [0.5, 0.6) is 0 Å². The molecule has 14 heavy (non-hydrogen) atoms. The summed E-state index contributed by atoms with van der Waals surface area (Å²) in [6.07, 6.45) is 0. The topological polar surface area (TPSA) is 62.7 Å². The Morgan fingerprint density at radius 1 is 1.29 bits per heavy atom. The third-order valence-electron chi connectivity index (χ3n) is 2.11. The molecule has 2 aromatic rings. The van der Waals surface area contributed by atoms with Crippen LogP contribution in [0.15, 0.2) is 30.3 Å². The molecule has 0 aliphatic heterocycles. The standard InChI is InChI=1S/C11H9N3/c12-6-8-1-2-9-3-4-10(7-13)14-11(9)5-8/h1-5H,6,12H2. The maximum atomic E-state index is 8.69. The Balaban J connectivity index is 2.67. The van der Waals surface area contributed by atoms with Crippen molar-refractivity contribution in [2.24, 2.45) is 5.73 Å². The molecule has 0 fully saturated rings. The van der Waals surface area contributed by atoms with Crippen LogP contribution in [-0.2, 0) is 6.54 Å². The number of pyridine rings is 1. The molecule has 0 aliphatic rings. The first-order valence-electron chi connectivity index (χ1n) is 4.33. The van der Waals surface area contributed by atoms with E-state index in [4.69, 9.17) is 11.0 Å². The highest BCUT2D eigenvalue weighted by Crippen LogP contribution is 2.14. The number of benzene rings is 1. The molecule has 2 N–H and O–H groups in total. The number of nitriles is 1. The van der Waals surface area contributed by atoms with E-state index in [-0.39, 0.29) is 0 Å². The number of hydrogen-bond donors (Lipinski definition) is 1. The highest BCUT2D eigenvalue weighted by molar-refractivity contribution is 5.79. The van der Waals surface area contributed by atoms with Crippen LogP contribution in [0.3, 0.4) is 0 Å². The maximum Gasteiger partial charge on any atom is 0.141 e. The zero-order valence-corrected chi connectivity index (χ0v) is 7.57. The van der Waals surface area contributed by atoms with Gasteiger partial charge in [0.1, 0.15) is 11.8 Å². The molecule has 0 saturated carbocycles. The SMILES string of the molecule is N#Cc1ccc2ccc(CN)cc2n1. The normalized spacial score (nSPS) is 10.0. The molecule has 1 aromatic heterocycles. The Labute approximate surface area is 81.8 Å². The molecule has 2 rings (SSSR count). The lowest BCUT2D eigenvalue weighted by Gasteiger charge is -2.00. The molecule has 0 spiro atoms. The van der Waals surface area contributed by atoms with E-state index in [1.54, 1.807) is 6.07 Å². The predicted molar refractivity (Wildman–Crippen MR) is 54.3 cm³/mol. The van der Waals surface area contributed by atoms with Gasteiger partial charge < -0.3 is 5.73 Å². The van der Waals surface area contributed by atoms with E-state index in [0.29, 0.717) is 12.2 Å².